The largest absolute Gasteiger partial charge is 0.461 e. The fourth-order valence-electron chi connectivity index (χ4n) is 5.08. The summed E-state index contributed by atoms with van der Waals surface area (Å²) in [6.45, 7) is 7.71. The van der Waals surface area contributed by atoms with Crippen LogP contribution in [0.3, 0.4) is 0 Å². The number of hydrogen-bond acceptors (Lipinski definition) is 8. The fraction of sp³-hybridized carbons (Fsp3) is 0.520. The van der Waals surface area contributed by atoms with Gasteiger partial charge in [0.05, 0.1) is 13.1 Å². The minimum absolute atomic E-state index is 0.144. The number of aromatic nitrogens is 2. The highest BCUT2D eigenvalue weighted by atomic mass is 16.5. The van der Waals surface area contributed by atoms with Crippen LogP contribution in [0.2, 0.25) is 0 Å². The molecule has 0 spiro atoms. The summed E-state index contributed by atoms with van der Waals surface area (Å²) in [5, 5.41) is 2.80. The van der Waals surface area contributed by atoms with Crippen molar-refractivity contribution in [3.63, 3.8) is 0 Å². The second-order valence-corrected chi connectivity index (χ2v) is 9.78. The van der Waals surface area contributed by atoms with Crippen molar-refractivity contribution >= 4 is 29.1 Å². The topological polar surface area (TPSA) is 117 Å². The number of anilines is 3. The molecule has 3 aliphatic rings. The van der Waals surface area contributed by atoms with E-state index >= 15 is 0 Å². The van der Waals surface area contributed by atoms with Gasteiger partial charge in [-0.25, -0.2) is 0 Å². The molecule has 1 aromatic heterocycles. The van der Waals surface area contributed by atoms with Crippen LogP contribution in [-0.2, 0) is 22.7 Å². The molecule has 35 heavy (non-hydrogen) atoms. The zero-order chi connectivity index (χ0) is 24.4. The van der Waals surface area contributed by atoms with Gasteiger partial charge in [-0.2, -0.15) is 9.97 Å². The summed E-state index contributed by atoms with van der Waals surface area (Å²) in [6.07, 6.45) is 2.72. The summed E-state index contributed by atoms with van der Waals surface area (Å²) in [6, 6.07) is 8.63. The minimum atomic E-state index is -0.156. The lowest BCUT2D eigenvalue weighted by Crippen LogP contribution is -2.39. The number of fused-ring (bicyclic) bond motifs is 1. The molecule has 1 aromatic carbocycles. The Bertz CT molecular complexity index is 1110. The zero-order valence-electron chi connectivity index (χ0n) is 20.2. The molecule has 2 saturated heterocycles. The van der Waals surface area contributed by atoms with Gasteiger partial charge in [-0.3, -0.25) is 14.5 Å². The van der Waals surface area contributed by atoms with Crippen LogP contribution in [0.15, 0.2) is 24.3 Å². The Morgan fingerprint density at radius 2 is 1.97 bits per heavy atom. The fourth-order valence-corrected chi connectivity index (χ4v) is 5.08. The van der Waals surface area contributed by atoms with Crippen molar-refractivity contribution in [3.8, 4) is 6.01 Å². The molecule has 10 heteroatoms. The molecular weight excluding hydrogens is 446 g/mol. The van der Waals surface area contributed by atoms with E-state index in [4.69, 9.17) is 10.5 Å². The van der Waals surface area contributed by atoms with Gasteiger partial charge in [-0.15, -0.1) is 0 Å². The van der Waals surface area contributed by atoms with Crippen molar-refractivity contribution in [2.24, 2.45) is 5.92 Å². The van der Waals surface area contributed by atoms with Gasteiger partial charge < -0.3 is 25.6 Å². The molecule has 2 fully saturated rings. The van der Waals surface area contributed by atoms with Crippen molar-refractivity contribution in [2.75, 3.05) is 55.3 Å². The van der Waals surface area contributed by atoms with Gasteiger partial charge in [-0.05, 0) is 36.4 Å². The van der Waals surface area contributed by atoms with Crippen molar-refractivity contribution in [1.82, 2.24) is 19.8 Å². The Morgan fingerprint density at radius 3 is 2.71 bits per heavy atom. The number of nitrogen functional groups attached to an aromatic ring is 1. The van der Waals surface area contributed by atoms with Crippen LogP contribution >= 0.6 is 0 Å². The van der Waals surface area contributed by atoms with Crippen LogP contribution in [0, 0.1) is 5.92 Å². The first kappa shape index (κ1) is 23.3. The maximum absolute atomic E-state index is 12.4. The molecule has 0 aliphatic carbocycles. The molecule has 186 valence electrons. The lowest BCUT2D eigenvalue weighted by atomic mass is 10.1. The summed E-state index contributed by atoms with van der Waals surface area (Å²) in [7, 11) is 0. The number of likely N-dealkylation sites (tertiary alicyclic amines) is 2. The summed E-state index contributed by atoms with van der Waals surface area (Å²) >= 11 is 0. The number of nitrogens with two attached hydrogens (primary N) is 1. The average Bonchev–Trinajstić information content (AvgIpc) is 3.42. The standard InChI is InChI=1S/C25H33N7O3/c1-17-7-9-30(13-17)14-18-4-2-5-19(12-18)15-32-16-20(33)27-22-23(26)28-25(29-24(22)32)35-11-10-31-8-3-6-21(31)34/h2,4-5,12,17H,3,6-11,13-16H2,1H3,(H,27,33)(H2,26,28,29). The van der Waals surface area contributed by atoms with Crippen LogP contribution < -0.4 is 20.7 Å². The number of nitrogens with zero attached hydrogens (tertiary/aromatic N) is 5. The van der Waals surface area contributed by atoms with Crippen molar-refractivity contribution in [3.05, 3.63) is 35.4 Å². The van der Waals surface area contributed by atoms with Crippen molar-refractivity contribution in [1.29, 1.82) is 0 Å². The van der Waals surface area contributed by atoms with Crippen LogP contribution in [0.5, 0.6) is 6.01 Å². The molecule has 2 aromatic rings. The molecule has 10 nitrogen and oxygen atoms in total. The SMILES string of the molecule is CC1CCN(Cc2cccc(CN3CC(=O)Nc4c(N)nc(OCCN5CCCC5=O)nc43)c2)C1. The van der Waals surface area contributed by atoms with E-state index in [0.29, 0.717) is 31.0 Å². The third kappa shape index (κ3) is 5.48. The Balaban J connectivity index is 1.29. The molecule has 1 atom stereocenters. The summed E-state index contributed by atoms with van der Waals surface area (Å²) < 4.78 is 5.75. The highest BCUT2D eigenvalue weighted by Crippen LogP contribution is 2.34. The zero-order valence-corrected chi connectivity index (χ0v) is 20.2. The second kappa shape index (κ2) is 10.1. The number of rotatable bonds is 8. The molecule has 2 amide bonds. The molecule has 0 saturated carbocycles. The average molecular weight is 480 g/mol. The molecular formula is C25H33N7O3. The van der Waals surface area contributed by atoms with Crippen LogP contribution in [0.4, 0.5) is 17.3 Å². The second-order valence-electron chi connectivity index (χ2n) is 9.78. The van der Waals surface area contributed by atoms with E-state index in [-0.39, 0.29) is 36.8 Å². The number of nitrogens with one attached hydrogen (secondary N) is 1. The minimum Gasteiger partial charge on any atom is -0.461 e. The third-order valence-corrected chi connectivity index (χ3v) is 6.84. The van der Waals surface area contributed by atoms with E-state index in [2.05, 4.69) is 51.4 Å². The first-order valence-corrected chi connectivity index (χ1v) is 12.4. The van der Waals surface area contributed by atoms with E-state index < -0.39 is 0 Å². The quantitative estimate of drug-likeness (QED) is 0.589. The molecule has 5 rings (SSSR count). The van der Waals surface area contributed by atoms with Crippen LogP contribution in [-0.4, -0.2) is 70.9 Å². The van der Waals surface area contributed by atoms with Gasteiger partial charge >= 0.3 is 6.01 Å². The predicted molar refractivity (Wildman–Crippen MR) is 133 cm³/mol. The number of ether oxygens (including phenoxy) is 1. The Kier molecular flexibility index (Phi) is 6.72. The van der Waals surface area contributed by atoms with Crippen molar-refractivity contribution < 1.29 is 14.3 Å². The van der Waals surface area contributed by atoms with Crippen LogP contribution in [0.25, 0.3) is 0 Å². The lowest BCUT2D eigenvalue weighted by molar-refractivity contribution is -0.128. The van der Waals surface area contributed by atoms with Crippen molar-refractivity contribution in [2.45, 2.75) is 39.3 Å². The van der Waals surface area contributed by atoms with Gasteiger partial charge in [-0.1, -0.05) is 31.2 Å². The highest BCUT2D eigenvalue weighted by molar-refractivity contribution is 6.03. The predicted octanol–water partition coefficient (Wildman–Crippen LogP) is 1.86. The van der Waals surface area contributed by atoms with Gasteiger partial charge in [0.1, 0.15) is 12.3 Å². The van der Waals surface area contributed by atoms with E-state index in [1.807, 2.05) is 4.90 Å². The molecule has 4 heterocycles. The monoisotopic (exact) mass is 479 g/mol. The molecule has 0 bridgehead atoms. The smallest absolute Gasteiger partial charge is 0.320 e. The molecule has 1 unspecified atom stereocenters. The Hall–Kier alpha value is -3.40. The van der Waals surface area contributed by atoms with E-state index in [1.165, 1.54) is 12.0 Å². The first-order valence-electron chi connectivity index (χ1n) is 12.4. The summed E-state index contributed by atoms with van der Waals surface area (Å²) in [5.74, 6) is 1.45. The maximum Gasteiger partial charge on any atom is 0.320 e. The summed E-state index contributed by atoms with van der Waals surface area (Å²) in [5.41, 5.74) is 8.93. The normalized spacial score (nSPS) is 20.3. The van der Waals surface area contributed by atoms with Gasteiger partial charge in [0.2, 0.25) is 11.8 Å². The molecule has 3 aliphatic heterocycles. The first-order chi connectivity index (χ1) is 16.9. The van der Waals surface area contributed by atoms with E-state index in [9.17, 15) is 9.59 Å². The number of amides is 2. The Labute approximate surface area is 205 Å². The summed E-state index contributed by atoms with van der Waals surface area (Å²) in [4.78, 5) is 39.2. The number of carbonyl (C=O) groups excluding carboxylic acids is 2. The van der Waals surface area contributed by atoms with Gasteiger partial charge in [0.15, 0.2) is 11.6 Å². The van der Waals surface area contributed by atoms with Gasteiger partial charge in [0, 0.05) is 32.6 Å². The van der Waals surface area contributed by atoms with E-state index in [0.717, 1.165) is 44.1 Å². The molecule has 0 radical (unpaired) electrons. The highest BCUT2D eigenvalue weighted by Gasteiger charge is 2.28. The van der Waals surface area contributed by atoms with Gasteiger partial charge in [0.25, 0.3) is 0 Å². The number of carbonyl (C=O) groups is 2. The number of benzene rings is 1. The van der Waals surface area contributed by atoms with E-state index in [1.54, 1.807) is 4.90 Å². The lowest BCUT2D eigenvalue weighted by Gasteiger charge is -2.30. The maximum atomic E-state index is 12.4. The number of hydrogen-bond donors (Lipinski definition) is 2. The molecule has 3 N–H and O–H groups in total. The Morgan fingerprint density at radius 1 is 1.14 bits per heavy atom. The van der Waals surface area contributed by atoms with Crippen LogP contribution in [0.1, 0.15) is 37.3 Å². The third-order valence-electron chi connectivity index (χ3n) is 6.84.